The lowest BCUT2D eigenvalue weighted by Gasteiger charge is -2.31. The molecule has 3 rings (SSSR count). The van der Waals surface area contributed by atoms with Gasteiger partial charge in [-0.3, -0.25) is 9.59 Å². The zero-order valence-corrected chi connectivity index (χ0v) is 19.8. The summed E-state index contributed by atoms with van der Waals surface area (Å²) in [6.45, 7) is 2.67. The van der Waals surface area contributed by atoms with Crippen molar-refractivity contribution in [3.05, 3.63) is 96.1 Å². The number of nitrogens with zero attached hydrogens (tertiary/aromatic N) is 1. The number of nitrogens with one attached hydrogen (secondary N) is 1. The maximum absolute atomic E-state index is 13.5. The van der Waals surface area contributed by atoms with Gasteiger partial charge in [0.1, 0.15) is 17.5 Å². The molecule has 3 aromatic rings. The third-order valence-electron chi connectivity index (χ3n) is 5.44. The largest absolute Gasteiger partial charge is 0.497 e. The fraction of sp³-hybridized carbons (Fsp3) is 0.286. The van der Waals surface area contributed by atoms with Gasteiger partial charge in [0.15, 0.2) is 6.61 Å². The van der Waals surface area contributed by atoms with Crippen LogP contribution in [0.5, 0.6) is 11.5 Å². The Hall–Kier alpha value is -3.80. The number of benzene rings is 3. The van der Waals surface area contributed by atoms with Gasteiger partial charge >= 0.3 is 0 Å². The normalized spacial score (nSPS) is 11.4. The highest BCUT2D eigenvalue weighted by Gasteiger charge is 2.30. The van der Waals surface area contributed by atoms with Crippen LogP contribution in [0.25, 0.3) is 0 Å². The fourth-order valence-corrected chi connectivity index (χ4v) is 3.59. The minimum atomic E-state index is -0.678. The molecular formula is C28H32N2O4. The van der Waals surface area contributed by atoms with E-state index in [4.69, 9.17) is 9.47 Å². The summed E-state index contributed by atoms with van der Waals surface area (Å²) in [6, 6.07) is 25.8. The van der Waals surface area contributed by atoms with E-state index in [2.05, 4.69) is 5.32 Å². The van der Waals surface area contributed by atoms with Crippen LogP contribution in [-0.2, 0) is 22.6 Å². The molecule has 0 bridgehead atoms. The maximum atomic E-state index is 13.5. The minimum Gasteiger partial charge on any atom is -0.497 e. The van der Waals surface area contributed by atoms with Crippen molar-refractivity contribution in [1.82, 2.24) is 10.2 Å². The highest BCUT2D eigenvalue weighted by Crippen LogP contribution is 2.18. The van der Waals surface area contributed by atoms with Crippen molar-refractivity contribution in [2.75, 3.05) is 20.3 Å². The van der Waals surface area contributed by atoms with Crippen molar-refractivity contribution in [1.29, 1.82) is 0 Å². The fourth-order valence-electron chi connectivity index (χ4n) is 3.59. The van der Waals surface area contributed by atoms with Crippen LogP contribution < -0.4 is 14.8 Å². The zero-order valence-electron chi connectivity index (χ0n) is 19.8. The Bertz CT molecular complexity index is 1020. The number of amides is 2. The summed E-state index contributed by atoms with van der Waals surface area (Å²) in [5.41, 5.74) is 1.88. The molecule has 0 aliphatic rings. The Labute approximate surface area is 201 Å². The maximum Gasteiger partial charge on any atom is 0.261 e. The van der Waals surface area contributed by atoms with E-state index in [0.717, 1.165) is 23.3 Å². The van der Waals surface area contributed by atoms with Gasteiger partial charge in [0, 0.05) is 19.5 Å². The number of ether oxygens (including phenoxy) is 2. The molecule has 0 unspecified atom stereocenters. The number of rotatable bonds is 12. The molecule has 6 heteroatoms. The molecule has 0 aliphatic carbocycles. The summed E-state index contributed by atoms with van der Waals surface area (Å²) in [4.78, 5) is 28.3. The van der Waals surface area contributed by atoms with E-state index < -0.39 is 6.04 Å². The van der Waals surface area contributed by atoms with Crippen molar-refractivity contribution in [3.63, 3.8) is 0 Å². The summed E-state index contributed by atoms with van der Waals surface area (Å²) < 4.78 is 11.0. The number of methoxy groups -OCH3 is 1. The lowest BCUT2D eigenvalue weighted by Crippen LogP contribution is -2.51. The number of carbonyl (C=O) groups excluding carboxylic acids is 2. The molecule has 6 nitrogen and oxygen atoms in total. The molecule has 0 aromatic heterocycles. The Balaban J connectivity index is 1.88. The Kier molecular flexibility index (Phi) is 9.52. The predicted molar refractivity (Wildman–Crippen MR) is 133 cm³/mol. The van der Waals surface area contributed by atoms with E-state index in [9.17, 15) is 9.59 Å². The topological polar surface area (TPSA) is 67.9 Å². The van der Waals surface area contributed by atoms with E-state index >= 15 is 0 Å². The van der Waals surface area contributed by atoms with E-state index in [0.29, 0.717) is 18.7 Å². The lowest BCUT2D eigenvalue weighted by atomic mass is 10.0. The molecule has 0 fully saturated rings. The molecule has 3 aromatic carbocycles. The molecule has 0 saturated carbocycles. The Morgan fingerprint density at radius 1 is 0.853 bits per heavy atom. The predicted octanol–water partition coefficient (Wildman–Crippen LogP) is 4.24. The number of para-hydroxylation sites is 1. The Morgan fingerprint density at radius 2 is 1.50 bits per heavy atom. The summed E-state index contributed by atoms with van der Waals surface area (Å²) in [5.74, 6) is 0.908. The minimum absolute atomic E-state index is 0.160. The third kappa shape index (κ3) is 7.37. The first-order chi connectivity index (χ1) is 16.6. The van der Waals surface area contributed by atoms with Gasteiger partial charge in [0.05, 0.1) is 7.11 Å². The second-order valence-electron chi connectivity index (χ2n) is 7.97. The van der Waals surface area contributed by atoms with Crippen molar-refractivity contribution >= 4 is 11.8 Å². The van der Waals surface area contributed by atoms with Gasteiger partial charge in [-0.1, -0.05) is 67.6 Å². The highest BCUT2D eigenvalue weighted by atomic mass is 16.5. The Morgan fingerprint density at radius 3 is 2.12 bits per heavy atom. The monoisotopic (exact) mass is 460 g/mol. The zero-order chi connectivity index (χ0) is 24.2. The molecular weight excluding hydrogens is 428 g/mol. The molecule has 34 heavy (non-hydrogen) atoms. The van der Waals surface area contributed by atoms with Gasteiger partial charge in [-0.15, -0.1) is 0 Å². The van der Waals surface area contributed by atoms with Crippen molar-refractivity contribution in [2.24, 2.45) is 0 Å². The second-order valence-corrected chi connectivity index (χ2v) is 7.97. The molecule has 0 spiro atoms. The van der Waals surface area contributed by atoms with Crippen LogP contribution in [-0.4, -0.2) is 43.0 Å². The smallest absolute Gasteiger partial charge is 0.261 e. The first kappa shape index (κ1) is 24.8. The quantitative estimate of drug-likeness (QED) is 0.439. The number of hydrogen-bond acceptors (Lipinski definition) is 4. The molecule has 0 heterocycles. The second kappa shape index (κ2) is 13.0. The van der Waals surface area contributed by atoms with Crippen molar-refractivity contribution in [3.8, 4) is 11.5 Å². The van der Waals surface area contributed by atoms with Crippen molar-refractivity contribution in [2.45, 2.75) is 32.4 Å². The molecule has 2 amide bonds. The van der Waals surface area contributed by atoms with Gasteiger partial charge in [0.25, 0.3) is 5.91 Å². The van der Waals surface area contributed by atoms with E-state index in [1.54, 1.807) is 24.1 Å². The lowest BCUT2D eigenvalue weighted by molar-refractivity contribution is -0.142. The van der Waals surface area contributed by atoms with Crippen LogP contribution >= 0.6 is 0 Å². The summed E-state index contributed by atoms with van der Waals surface area (Å²) in [7, 11) is 1.61. The van der Waals surface area contributed by atoms with Crippen LogP contribution in [0.3, 0.4) is 0 Å². The standard InChI is InChI=1S/C28H32N2O4/c1-3-18-29-28(32)26(19-22-10-6-4-7-11-22)30(20-23-14-16-24(33-2)17-15-23)27(31)21-34-25-12-8-5-9-13-25/h4-17,26H,3,18-21H2,1-2H3,(H,29,32)/t26-/m0/s1. The number of hydrogen-bond donors (Lipinski definition) is 1. The first-order valence-electron chi connectivity index (χ1n) is 11.5. The molecule has 1 atom stereocenters. The average Bonchev–Trinajstić information content (AvgIpc) is 2.89. The highest BCUT2D eigenvalue weighted by molar-refractivity contribution is 5.88. The van der Waals surface area contributed by atoms with E-state index in [-0.39, 0.29) is 25.0 Å². The average molecular weight is 461 g/mol. The molecule has 0 radical (unpaired) electrons. The molecule has 0 saturated heterocycles. The van der Waals surface area contributed by atoms with Crippen LogP contribution in [0.4, 0.5) is 0 Å². The molecule has 1 N–H and O–H groups in total. The van der Waals surface area contributed by atoms with Gasteiger partial charge in [-0.25, -0.2) is 0 Å². The van der Waals surface area contributed by atoms with Crippen LogP contribution in [0, 0.1) is 0 Å². The van der Waals surface area contributed by atoms with Crippen LogP contribution in [0.2, 0.25) is 0 Å². The van der Waals surface area contributed by atoms with Crippen LogP contribution in [0.15, 0.2) is 84.9 Å². The van der Waals surface area contributed by atoms with E-state index in [1.165, 1.54) is 0 Å². The van der Waals surface area contributed by atoms with Crippen LogP contribution in [0.1, 0.15) is 24.5 Å². The SMILES string of the molecule is CCCNC(=O)[C@H](Cc1ccccc1)N(Cc1ccc(OC)cc1)C(=O)COc1ccccc1. The van der Waals surface area contributed by atoms with Gasteiger partial charge in [0.2, 0.25) is 5.91 Å². The van der Waals surface area contributed by atoms with Gasteiger partial charge in [-0.05, 0) is 41.8 Å². The first-order valence-corrected chi connectivity index (χ1v) is 11.5. The summed E-state index contributed by atoms with van der Waals surface area (Å²) in [6.07, 6.45) is 1.22. The molecule has 178 valence electrons. The summed E-state index contributed by atoms with van der Waals surface area (Å²) in [5, 5.41) is 2.97. The molecule has 0 aliphatic heterocycles. The van der Waals surface area contributed by atoms with E-state index in [1.807, 2.05) is 79.7 Å². The number of carbonyl (C=O) groups is 2. The summed E-state index contributed by atoms with van der Waals surface area (Å²) >= 11 is 0. The third-order valence-corrected chi connectivity index (χ3v) is 5.44. The van der Waals surface area contributed by atoms with Crippen molar-refractivity contribution < 1.29 is 19.1 Å². The van der Waals surface area contributed by atoms with Gasteiger partial charge < -0.3 is 19.7 Å². The van der Waals surface area contributed by atoms with Gasteiger partial charge in [-0.2, -0.15) is 0 Å².